The quantitative estimate of drug-likeness (QED) is 0.839. The summed E-state index contributed by atoms with van der Waals surface area (Å²) in [7, 11) is 0. The van der Waals surface area contributed by atoms with Gasteiger partial charge in [-0.2, -0.15) is 0 Å². The molecule has 0 aliphatic heterocycles. The molecule has 0 saturated carbocycles. The molecule has 0 bridgehead atoms. The highest BCUT2D eigenvalue weighted by atomic mass is 16.5. The van der Waals surface area contributed by atoms with Crippen molar-refractivity contribution in [3.05, 3.63) is 47.5 Å². The van der Waals surface area contributed by atoms with Crippen molar-refractivity contribution < 1.29 is 9.47 Å². The van der Waals surface area contributed by atoms with E-state index >= 15 is 0 Å². The van der Waals surface area contributed by atoms with Crippen LogP contribution in [0, 0.1) is 13.8 Å². The maximum atomic E-state index is 6.06. The fourth-order valence-electron chi connectivity index (χ4n) is 1.85. The number of para-hydroxylation sites is 1. The maximum Gasteiger partial charge on any atom is 0.154 e. The first-order valence-electron chi connectivity index (χ1n) is 6.38. The molecule has 0 aromatic heterocycles. The van der Waals surface area contributed by atoms with Crippen LogP contribution in [0.15, 0.2) is 36.4 Å². The van der Waals surface area contributed by atoms with Gasteiger partial charge in [0, 0.05) is 0 Å². The van der Waals surface area contributed by atoms with Gasteiger partial charge in [-0.1, -0.05) is 18.2 Å². The second kappa shape index (κ2) is 5.65. The zero-order valence-electron chi connectivity index (χ0n) is 11.6. The molecule has 0 atom stereocenters. The van der Waals surface area contributed by atoms with Gasteiger partial charge >= 0.3 is 0 Å². The lowest BCUT2D eigenvalue weighted by atomic mass is 10.1. The molecule has 0 spiro atoms. The molecule has 0 radical (unpaired) electrons. The third-order valence-electron chi connectivity index (χ3n) is 3.10. The number of hydrogen-bond acceptors (Lipinski definition) is 3. The van der Waals surface area contributed by atoms with Crippen molar-refractivity contribution in [3.8, 4) is 17.2 Å². The molecule has 100 valence electrons. The molecule has 3 heteroatoms. The van der Waals surface area contributed by atoms with Crippen LogP contribution in [0.4, 0.5) is 5.69 Å². The lowest BCUT2D eigenvalue weighted by Gasteiger charge is -2.14. The Balaban J connectivity index is 2.33. The summed E-state index contributed by atoms with van der Waals surface area (Å²) in [6.07, 6.45) is 0. The molecule has 19 heavy (non-hydrogen) atoms. The van der Waals surface area contributed by atoms with Crippen LogP contribution < -0.4 is 15.2 Å². The minimum atomic E-state index is 0.533. The molecule has 0 aliphatic rings. The fraction of sp³-hybridized carbons (Fsp3) is 0.250. The molecule has 0 aliphatic carbocycles. The third kappa shape index (κ3) is 2.81. The van der Waals surface area contributed by atoms with Crippen LogP contribution in [-0.2, 0) is 0 Å². The number of aryl methyl sites for hydroxylation is 1. The van der Waals surface area contributed by atoms with Crippen molar-refractivity contribution >= 4 is 5.69 Å². The Labute approximate surface area is 114 Å². The molecule has 2 aromatic rings. The second-order valence-electron chi connectivity index (χ2n) is 4.40. The zero-order valence-corrected chi connectivity index (χ0v) is 11.6. The number of ether oxygens (including phenoxy) is 2. The molecule has 0 amide bonds. The maximum absolute atomic E-state index is 6.06. The highest BCUT2D eigenvalue weighted by Gasteiger charge is 2.09. The van der Waals surface area contributed by atoms with E-state index in [9.17, 15) is 0 Å². The largest absolute Gasteiger partial charge is 0.492 e. The highest BCUT2D eigenvalue weighted by molar-refractivity contribution is 5.63. The van der Waals surface area contributed by atoms with Crippen molar-refractivity contribution in [1.29, 1.82) is 0 Å². The van der Waals surface area contributed by atoms with Gasteiger partial charge in [-0.05, 0) is 50.1 Å². The average molecular weight is 257 g/mol. The third-order valence-corrected chi connectivity index (χ3v) is 3.10. The van der Waals surface area contributed by atoms with Gasteiger partial charge in [-0.3, -0.25) is 0 Å². The van der Waals surface area contributed by atoms with E-state index in [-0.39, 0.29) is 0 Å². The fourth-order valence-corrected chi connectivity index (χ4v) is 1.85. The first kappa shape index (κ1) is 13.3. The minimum absolute atomic E-state index is 0.533. The van der Waals surface area contributed by atoms with Gasteiger partial charge in [0.15, 0.2) is 5.75 Å². The Hall–Kier alpha value is -2.16. The van der Waals surface area contributed by atoms with Crippen LogP contribution in [0.5, 0.6) is 17.2 Å². The molecule has 0 heterocycles. The van der Waals surface area contributed by atoms with E-state index in [4.69, 9.17) is 15.2 Å². The minimum Gasteiger partial charge on any atom is -0.492 e. The summed E-state index contributed by atoms with van der Waals surface area (Å²) in [5, 5.41) is 0. The SMILES string of the molecule is CCOc1cccc(Oc2cccc(C)c2C)c1N. The van der Waals surface area contributed by atoms with E-state index in [1.165, 1.54) is 5.56 Å². The van der Waals surface area contributed by atoms with E-state index in [2.05, 4.69) is 13.0 Å². The van der Waals surface area contributed by atoms with Gasteiger partial charge in [0.1, 0.15) is 17.2 Å². The summed E-state index contributed by atoms with van der Waals surface area (Å²) in [5.74, 6) is 2.10. The first-order chi connectivity index (χ1) is 9.13. The summed E-state index contributed by atoms with van der Waals surface area (Å²) in [4.78, 5) is 0. The van der Waals surface area contributed by atoms with Crippen LogP contribution in [0.25, 0.3) is 0 Å². The number of rotatable bonds is 4. The summed E-state index contributed by atoms with van der Waals surface area (Å²) >= 11 is 0. The normalized spacial score (nSPS) is 10.3. The summed E-state index contributed by atoms with van der Waals surface area (Å²) < 4.78 is 11.4. The first-order valence-corrected chi connectivity index (χ1v) is 6.38. The molecular weight excluding hydrogens is 238 g/mol. The predicted molar refractivity (Wildman–Crippen MR) is 78.0 cm³/mol. The summed E-state index contributed by atoms with van der Waals surface area (Å²) in [6, 6.07) is 11.5. The standard InChI is InChI=1S/C16H19NO2/c1-4-18-14-9-6-10-15(16(14)17)19-13-8-5-7-11(2)12(13)3/h5-10H,4,17H2,1-3H3. The van der Waals surface area contributed by atoms with Gasteiger partial charge in [0.25, 0.3) is 0 Å². The molecule has 2 aromatic carbocycles. The highest BCUT2D eigenvalue weighted by Crippen LogP contribution is 2.35. The lowest BCUT2D eigenvalue weighted by molar-refractivity contribution is 0.340. The molecular formula is C16H19NO2. The van der Waals surface area contributed by atoms with Crippen molar-refractivity contribution in [3.63, 3.8) is 0 Å². The van der Waals surface area contributed by atoms with Crippen LogP contribution in [0.1, 0.15) is 18.1 Å². The molecule has 2 N–H and O–H groups in total. The average Bonchev–Trinajstić information content (AvgIpc) is 2.40. The zero-order chi connectivity index (χ0) is 13.8. The van der Waals surface area contributed by atoms with E-state index in [1.54, 1.807) is 0 Å². The van der Waals surface area contributed by atoms with Crippen LogP contribution in [-0.4, -0.2) is 6.61 Å². The van der Waals surface area contributed by atoms with Gasteiger partial charge in [-0.15, -0.1) is 0 Å². The van der Waals surface area contributed by atoms with E-state index in [0.717, 1.165) is 11.3 Å². The van der Waals surface area contributed by atoms with Crippen LogP contribution in [0.3, 0.4) is 0 Å². The van der Waals surface area contributed by atoms with E-state index in [0.29, 0.717) is 23.8 Å². The van der Waals surface area contributed by atoms with E-state index in [1.807, 2.05) is 44.2 Å². The predicted octanol–water partition coefficient (Wildman–Crippen LogP) is 4.08. The number of hydrogen-bond donors (Lipinski definition) is 1. The molecule has 2 rings (SSSR count). The van der Waals surface area contributed by atoms with Gasteiger partial charge in [0.05, 0.1) is 6.61 Å². The van der Waals surface area contributed by atoms with Crippen LogP contribution >= 0.6 is 0 Å². The number of anilines is 1. The Morgan fingerprint density at radius 2 is 1.58 bits per heavy atom. The summed E-state index contributed by atoms with van der Waals surface area (Å²) in [6.45, 7) is 6.60. The number of benzene rings is 2. The molecule has 3 nitrogen and oxygen atoms in total. The Kier molecular flexibility index (Phi) is 3.95. The molecule has 0 fully saturated rings. The summed E-state index contributed by atoms with van der Waals surface area (Å²) in [5.41, 5.74) is 8.89. The number of nitrogen functional groups attached to an aromatic ring is 1. The second-order valence-corrected chi connectivity index (χ2v) is 4.40. The van der Waals surface area contributed by atoms with Gasteiger partial charge in [-0.25, -0.2) is 0 Å². The Morgan fingerprint density at radius 3 is 2.32 bits per heavy atom. The van der Waals surface area contributed by atoms with Crippen molar-refractivity contribution in [2.75, 3.05) is 12.3 Å². The van der Waals surface area contributed by atoms with Crippen LogP contribution in [0.2, 0.25) is 0 Å². The smallest absolute Gasteiger partial charge is 0.154 e. The molecule has 0 unspecified atom stereocenters. The number of nitrogens with two attached hydrogens (primary N) is 1. The Bertz CT molecular complexity index is 579. The van der Waals surface area contributed by atoms with Crippen molar-refractivity contribution in [1.82, 2.24) is 0 Å². The van der Waals surface area contributed by atoms with Crippen molar-refractivity contribution in [2.24, 2.45) is 0 Å². The Morgan fingerprint density at radius 1 is 0.947 bits per heavy atom. The van der Waals surface area contributed by atoms with E-state index < -0.39 is 0 Å². The van der Waals surface area contributed by atoms with Gasteiger partial charge in [0.2, 0.25) is 0 Å². The topological polar surface area (TPSA) is 44.5 Å². The lowest BCUT2D eigenvalue weighted by Crippen LogP contribution is -1.99. The molecule has 0 saturated heterocycles. The monoisotopic (exact) mass is 257 g/mol. The van der Waals surface area contributed by atoms with Gasteiger partial charge < -0.3 is 15.2 Å². The van der Waals surface area contributed by atoms with Crippen molar-refractivity contribution in [2.45, 2.75) is 20.8 Å².